The lowest BCUT2D eigenvalue weighted by Crippen LogP contribution is -2.68. The highest BCUT2D eigenvalue weighted by atomic mass is 16.5. The Morgan fingerprint density at radius 1 is 0.659 bits per heavy atom. The van der Waals surface area contributed by atoms with Gasteiger partial charge in [0.15, 0.2) is 0 Å². The lowest BCUT2D eigenvalue weighted by molar-refractivity contribution is -0.275. The van der Waals surface area contributed by atoms with E-state index in [-0.39, 0.29) is 16.8 Å². The minimum absolute atomic E-state index is 0.0612. The number of ether oxygens (including phenoxy) is 1. The molecule has 0 amide bonds. The number of carbonyl (C=O) groups excluding carboxylic acids is 1. The van der Waals surface area contributed by atoms with E-state index in [2.05, 4.69) is 31.6 Å². The fraction of sp³-hybridized carbons (Fsp3) is 0.872. The standard InChI is InChI=1S/C39H52O2/c1-4-34-10-27-7-28(11-34)15-36(14-27,23-34)38-18-31-9-32(19-38)21-39(20-31,25-38)37-16-29-8-30(17-37)13-35(12-29,24-37)6-5-33(40)41-22-26(2)3/h1,26-32H,7-25H2,2-3H3. The van der Waals surface area contributed by atoms with Crippen molar-refractivity contribution in [3.8, 4) is 24.2 Å². The van der Waals surface area contributed by atoms with Gasteiger partial charge in [-0.1, -0.05) is 25.7 Å². The summed E-state index contributed by atoms with van der Waals surface area (Å²) in [6.45, 7) is 4.67. The van der Waals surface area contributed by atoms with Gasteiger partial charge in [-0.25, -0.2) is 4.79 Å². The molecule has 2 heteroatoms. The number of hydrogen-bond donors (Lipinski definition) is 0. The summed E-state index contributed by atoms with van der Waals surface area (Å²) in [6, 6.07) is 0. The first kappa shape index (κ1) is 26.0. The lowest BCUT2D eigenvalue weighted by atomic mass is 9.27. The number of esters is 1. The van der Waals surface area contributed by atoms with Crippen molar-refractivity contribution in [2.45, 2.75) is 129 Å². The summed E-state index contributed by atoms with van der Waals surface area (Å²) in [6.07, 6.45) is 32.2. The summed E-state index contributed by atoms with van der Waals surface area (Å²) >= 11 is 0. The van der Waals surface area contributed by atoms with E-state index in [4.69, 9.17) is 11.2 Å². The average molecular weight is 553 g/mol. The normalized spacial score (nSPS) is 56.5. The van der Waals surface area contributed by atoms with Crippen LogP contribution >= 0.6 is 0 Å². The minimum Gasteiger partial charge on any atom is -0.456 e. The van der Waals surface area contributed by atoms with Gasteiger partial charge in [0.2, 0.25) is 0 Å². The van der Waals surface area contributed by atoms with Crippen LogP contribution in [0.5, 0.6) is 0 Å². The van der Waals surface area contributed by atoms with Crippen LogP contribution in [0.15, 0.2) is 0 Å². The number of carbonyl (C=O) groups is 1. The van der Waals surface area contributed by atoms with Gasteiger partial charge in [-0.15, -0.1) is 6.42 Å². The number of terminal acetylenes is 1. The molecule has 12 bridgehead atoms. The van der Waals surface area contributed by atoms with Crippen molar-refractivity contribution >= 4 is 5.97 Å². The first-order valence-corrected chi connectivity index (χ1v) is 17.8. The second-order valence-electron chi connectivity index (χ2n) is 19.0. The zero-order valence-electron chi connectivity index (χ0n) is 25.9. The summed E-state index contributed by atoms with van der Waals surface area (Å²) in [5.41, 5.74) is 2.36. The van der Waals surface area contributed by atoms with Crippen LogP contribution in [-0.4, -0.2) is 12.6 Å². The third-order valence-corrected chi connectivity index (χ3v) is 15.7. The van der Waals surface area contributed by atoms with Crippen molar-refractivity contribution in [1.29, 1.82) is 0 Å². The predicted molar refractivity (Wildman–Crippen MR) is 161 cm³/mol. The Bertz CT molecular complexity index is 1220. The van der Waals surface area contributed by atoms with Gasteiger partial charge in [-0.2, -0.15) is 0 Å². The van der Waals surface area contributed by atoms with Crippen LogP contribution in [0, 0.1) is 98.1 Å². The van der Waals surface area contributed by atoms with Crippen LogP contribution in [0.3, 0.4) is 0 Å². The third kappa shape index (κ3) is 3.55. The molecule has 0 aromatic carbocycles. The quantitative estimate of drug-likeness (QED) is 0.198. The van der Waals surface area contributed by atoms with E-state index in [0.717, 1.165) is 35.5 Å². The zero-order chi connectivity index (χ0) is 27.9. The molecule has 12 saturated carbocycles. The Morgan fingerprint density at radius 3 is 1.49 bits per heavy atom. The van der Waals surface area contributed by atoms with Gasteiger partial charge in [-0.3, -0.25) is 0 Å². The molecule has 220 valence electrons. The highest BCUT2D eigenvalue weighted by Crippen LogP contribution is 2.83. The molecule has 0 saturated heterocycles. The Morgan fingerprint density at radius 2 is 1.05 bits per heavy atom. The van der Waals surface area contributed by atoms with E-state index < -0.39 is 0 Å². The Labute approximate surface area is 249 Å². The zero-order valence-corrected chi connectivity index (χ0v) is 25.9. The summed E-state index contributed by atoms with van der Waals surface area (Å²) in [7, 11) is 0. The van der Waals surface area contributed by atoms with Crippen molar-refractivity contribution in [3.05, 3.63) is 0 Å². The maximum absolute atomic E-state index is 12.6. The molecule has 0 heterocycles. The van der Waals surface area contributed by atoms with E-state index >= 15 is 0 Å². The van der Waals surface area contributed by atoms with Crippen molar-refractivity contribution in [2.24, 2.45) is 73.9 Å². The Balaban J connectivity index is 1.08. The first-order valence-electron chi connectivity index (χ1n) is 17.8. The van der Waals surface area contributed by atoms with Gasteiger partial charge in [-0.05, 0) is 179 Å². The summed E-state index contributed by atoms with van der Waals surface area (Å²) in [4.78, 5) is 12.6. The van der Waals surface area contributed by atoms with Crippen molar-refractivity contribution in [3.63, 3.8) is 0 Å². The van der Waals surface area contributed by atoms with Crippen LogP contribution in [0.25, 0.3) is 0 Å². The number of rotatable bonds is 4. The summed E-state index contributed by atoms with van der Waals surface area (Å²) < 4.78 is 5.51. The summed E-state index contributed by atoms with van der Waals surface area (Å²) in [5.74, 6) is 15.7. The molecule has 0 aromatic rings. The van der Waals surface area contributed by atoms with Crippen LogP contribution in [-0.2, 0) is 9.53 Å². The fourth-order valence-corrected chi connectivity index (χ4v) is 16.0. The molecular weight excluding hydrogens is 500 g/mol. The molecule has 6 unspecified atom stereocenters. The SMILES string of the molecule is C#CC12CC3CC(C1)CC(C14CC5CC(C1)CC(C16CC7CC(CC(C#CC(=O)OCC(C)C)(C7)C1)C6)(C5)C4)(C3)C2. The molecule has 0 aliphatic heterocycles. The maximum Gasteiger partial charge on any atom is 0.384 e. The lowest BCUT2D eigenvalue weighted by Gasteiger charge is -2.77. The van der Waals surface area contributed by atoms with Crippen LogP contribution in [0.1, 0.15) is 129 Å². The predicted octanol–water partition coefficient (Wildman–Crippen LogP) is 8.58. The van der Waals surface area contributed by atoms with E-state index in [9.17, 15) is 4.79 Å². The fourth-order valence-electron chi connectivity index (χ4n) is 16.0. The molecule has 0 radical (unpaired) electrons. The molecule has 0 spiro atoms. The highest BCUT2D eigenvalue weighted by Gasteiger charge is 2.74. The van der Waals surface area contributed by atoms with Gasteiger partial charge < -0.3 is 4.74 Å². The van der Waals surface area contributed by atoms with E-state index in [0.29, 0.717) is 34.2 Å². The van der Waals surface area contributed by atoms with Gasteiger partial charge >= 0.3 is 5.97 Å². The van der Waals surface area contributed by atoms with Crippen LogP contribution < -0.4 is 0 Å². The minimum atomic E-state index is -0.290. The molecular formula is C39H52O2. The van der Waals surface area contributed by atoms with Crippen LogP contribution in [0.2, 0.25) is 0 Å². The second-order valence-corrected chi connectivity index (χ2v) is 19.0. The van der Waals surface area contributed by atoms with Gasteiger partial charge in [0.1, 0.15) is 0 Å². The van der Waals surface area contributed by atoms with Crippen LogP contribution in [0.4, 0.5) is 0 Å². The molecule has 0 N–H and O–H groups in total. The molecule has 12 fully saturated rings. The van der Waals surface area contributed by atoms with Crippen molar-refractivity contribution in [1.82, 2.24) is 0 Å². The number of hydrogen-bond acceptors (Lipinski definition) is 2. The molecule has 12 aliphatic rings. The van der Waals surface area contributed by atoms with E-state index in [1.165, 1.54) is 116 Å². The second kappa shape index (κ2) is 8.19. The van der Waals surface area contributed by atoms with E-state index in [1.54, 1.807) is 0 Å². The Hall–Kier alpha value is -1.41. The molecule has 41 heavy (non-hydrogen) atoms. The molecule has 12 aliphatic carbocycles. The molecule has 2 nitrogen and oxygen atoms in total. The molecule has 6 atom stereocenters. The smallest absolute Gasteiger partial charge is 0.384 e. The summed E-state index contributed by atoms with van der Waals surface area (Å²) in [5, 5.41) is 0. The topological polar surface area (TPSA) is 26.3 Å². The average Bonchev–Trinajstić information content (AvgIpc) is 2.88. The van der Waals surface area contributed by atoms with Crippen molar-refractivity contribution in [2.75, 3.05) is 6.61 Å². The van der Waals surface area contributed by atoms with Gasteiger partial charge in [0, 0.05) is 16.8 Å². The first-order chi connectivity index (χ1) is 19.6. The van der Waals surface area contributed by atoms with Crippen molar-refractivity contribution < 1.29 is 9.53 Å². The monoisotopic (exact) mass is 552 g/mol. The molecule has 12 rings (SSSR count). The highest BCUT2D eigenvalue weighted by molar-refractivity contribution is 5.88. The maximum atomic E-state index is 12.6. The molecule has 0 aromatic heterocycles. The van der Waals surface area contributed by atoms with Gasteiger partial charge in [0.25, 0.3) is 0 Å². The Kier molecular flexibility index (Phi) is 5.20. The van der Waals surface area contributed by atoms with Gasteiger partial charge in [0.05, 0.1) is 6.61 Å². The van der Waals surface area contributed by atoms with E-state index in [1.807, 2.05) is 0 Å². The largest absolute Gasteiger partial charge is 0.456 e. The third-order valence-electron chi connectivity index (χ3n) is 15.7.